The highest BCUT2D eigenvalue weighted by Gasteiger charge is 2.41. The lowest BCUT2D eigenvalue weighted by Crippen LogP contribution is -2.44. The highest BCUT2D eigenvalue weighted by molar-refractivity contribution is 6.74. The van der Waals surface area contributed by atoms with E-state index in [1.165, 1.54) is 33.4 Å². The highest BCUT2D eigenvalue weighted by Crippen LogP contribution is 2.47. The number of hydrogen-bond acceptors (Lipinski definition) is 3. The van der Waals surface area contributed by atoms with E-state index in [0.29, 0.717) is 6.42 Å². The predicted octanol–water partition coefficient (Wildman–Crippen LogP) is 9.51. The number of aldehydes is 1. The van der Waals surface area contributed by atoms with Gasteiger partial charge in [0.15, 0.2) is 0 Å². The van der Waals surface area contributed by atoms with E-state index >= 15 is 0 Å². The highest BCUT2D eigenvalue weighted by atomic mass is 28.4. The molecule has 0 saturated heterocycles. The molecule has 202 valence electrons. The molecule has 1 aliphatic heterocycles. The molecule has 0 aliphatic carbocycles. The summed E-state index contributed by atoms with van der Waals surface area (Å²) in [5, 5.41) is 0.169. The van der Waals surface area contributed by atoms with Crippen molar-refractivity contribution in [1.29, 1.82) is 0 Å². The maximum Gasteiger partial charge on any atom is 0.250 e. The number of carbonyl (C=O) groups excluding carboxylic acids is 1. The van der Waals surface area contributed by atoms with Gasteiger partial charge in [0.2, 0.25) is 0 Å². The molecule has 0 fully saturated rings. The second-order valence-corrected chi connectivity index (χ2v) is 17.5. The van der Waals surface area contributed by atoms with Gasteiger partial charge in [0.1, 0.15) is 23.4 Å². The molecule has 1 unspecified atom stereocenters. The molecule has 0 radical (unpaired) electrons. The minimum atomic E-state index is -1.92. The van der Waals surface area contributed by atoms with Crippen LogP contribution in [0.25, 0.3) is 0 Å². The summed E-state index contributed by atoms with van der Waals surface area (Å²) >= 11 is 0. The second-order valence-electron chi connectivity index (χ2n) is 12.8. The van der Waals surface area contributed by atoms with Crippen molar-refractivity contribution in [1.82, 2.24) is 0 Å². The number of rotatable bonds is 11. The SMILES string of the molecule is C/C(=C\CC/C(C)=C/CCC1(C)CCc2c(C)c(O[Si](C)(C)C(C)(C)C)c(C)c(C)c2O1)CCC=O. The fourth-order valence-electron chi connectivity index (χ4n) is 4.68. The van der Waals surface area contributed by atoms with Crippen LogP contribution >= 0.6 is 0 Å². The molecule has 3 nitrogen and oxygen atoms in total. The lowest BCUT2D eigenvalue weighted by Gasteiger charge is -2.41. The van der Waals surface area contributed by atoms with Gasteiger partial charge in [0.05, 0.1) is 0 Å². The number of carbonyl (C=O) groups is 1. The van der Waals surface area contributed by atoms with Crippen molar-refractivity contribution in [3.05, 3.63) is 45.6 Å². The van der Waals surface area contributed by atoms with Gasteiger partial charge >= 0.3 is 0 Å². The molecule has 0 aromatic heterocycles. The van der Waals surface area contributed by atoms with Crippen molar-refractivity contribution in [3.8, 4) is 11.5 Å². The van der Waals surface area contributed by atoms with Crippen LogP contribution in [0.2, 0.25) is 18.1 Å². The first-order chi connectivity index (χ1) is 16.6. The third kappa shape index (κ3) is 7.60. The second kappa shape index (κ2) is 12.2. The summed E-state index contributed by atoms with van der Waals surface area (Å²) in [6.45, 7) is 24.8. The largest absolute Gasteiger partial charge is 0.543 e. The third-order valence-electron chi connectivity index (χ3n) is 8.58. The predicted molar refractivity (Wildman–Crippen MR) is 157 cm³/mol. The van der Waals surface area contributed by atoms with Crippen molar-refractivity contribution >= 4 is 14.6 Å². The molecule has 0 saturated carbocycles. The first-order valence-corrected chi connectivity index (χ1v) is 16.8. The molecule has 0 N–H and O–H groups in total. The fraction of sp³-hybridized carbons (Fsp3) is 0.656. The van der Waals surface area contributed by atoms with Crippen LogP contribution in [-0.4, -0.2) is 20.2 Å². The molecule has 1 atom stereocenters. The molecule has 1 heterocycles. The molecular formula is C32H52O3Si. The Morgan fingerprint density at radius 2 is 1.56 bits per heavy atom. The number of hydrogen-bond donors (Lipinski definition) is 0. The van der Waals surface area contributed by atoms with Gasteiger partial charge in [-0.2, -0.15) is 0 Å². The molecule has 0 spiro atoms. The monoisotopic (exact) mass is 512 g/mol. The molecule has 0 amide bonds. The third-order valence-corrected chi connectivity index (χ3v) is 12.9. The summed E-state index contributed by atoms with van der Waals surface area (Å²) in [4.78, 5) is 10.5. The number of ether oxygens (including phenoxy) is 1. The van der Waals surface area contributed by atoms with E-state index in [1.54, 1.807) is 0 Å². The normalized spacial score (nSPS) is 19.1. The molecule has 4 heteroatoms. The van der Waals surface area contributed by atoms with E-state index in [-0.39, 0.29) is 10.6 Å². The smallest absolute Gasteiger partial charge is 0.250 e. The van der Waals surface area contributed by atoms with Crippen LogP contribution in [0.15, 0.2) is 23.3 Å². The van der Waals surface area contributed by atoms with Crippen LogP contribution in [0.4, 0.5) is 0 Å². The van der Waals surface area contributed by atoms with E-state index in [2.05, 4.69) is 87.6 Å². The summed E-state index contributed by atoms with van der Waals surface area (Å²) in [6, 6.07) is 0. The fourth-order valence-corrected chi connectivity index (χ4v) is 5.80. The van der Waals surface area contributed by atoms with Gasteiger partial charge in [-0.25, -0.2) is 0 Å². The first-order valence-electron chi connectivity index (χ1n) is 13.9. The molecule has 36 heavy (non-hydrogen) atoms. The van der Waals surface area contributed by atoms with Gasteiger partial charge in [0.25, 0.3) is 8.32 Å². The van der Waals surface area contributed by atoms with E-state index in [0.717, 1.165) is 62.7 Å². The van der Waals surface area contributed by atoms with Crippen molar-refractivity contribution in [2.45, 2.75) is 137 Å². The maximum absolute atomic E-state index is 10.5. The minimum absolute atomic E-state index is 0.138. The standard InChI is InChI=1S/C32H52O3Si/c1-23(15-12-16-24(2)18-14-22-33)17-13-20-32(9)21-19-28-27(5)29(25(3)26(4)30(28)34-32)35-36(10,11)31(6,7)8/h16-17,22H,12-15,18-21H2,1-11H3/b23-17+,24-16+. The Labute approximate surface area is 222 Å². The molecule has 0 bridgehead atoms. The van der Waals surface area contributed by atoms with Crippen molar-refractivity contribution in [2.75, 3.05) is 0 Å². The van der Waals surface area contributed by atoms with Crippen LogP contribution < -0.4 is 9.16 Å². The molecule has 1 aromatic carbocycles. The Hall–Kier alpha value is -1.81. The van der Waals surface area contributed by atoms with Crippen LogP contribution in [-0.2, 0) is 11.2 Å². The lowest BCUT2D eigenvalue weighted by atomic mass is 9.85. The minimum Gasteiger partial charge on any atom is -0.543 e. The van der Waals surface area contributed by atoms with E-state index in [9.17, 15) is 4.79 Å². The van der Waals surface area contributed by atoms with Crippen molar-refractivity contribution in [2.24, 2.45) is 0 Å². The van der Waals surface area contributed by atoms with Gasteiger partial charge in [-0.1, -0.05) is 44.1 Å². The van der Waals surface area contributed by atoms with Gasteiger partial charge < -0.3 is 14.0 Å². The Balaban J connectivity index is 2.09. The Bertz CT molecular complexity index is 994. The van der Waals surface area contributed by atoms with Gasteiger partial charge in [-0.3, -0.25) is 0 Å². The quantitative estimate of drug-likeness (QED) is 0.168. The van der Waals surface area contributed by atoms with E-state index in [1.807, 2.05) is 0 Å². The zero-order valence-electron chi connectivity index (χ0n) is 25.1. The number of benzene rings is 1. The van der Waals surface area contributed by atoms with Crippen LogP contribution in [0.3, 0.4) is 0 Å². The average Bonchev–Trinajstić information content (AvgIpc) is 2.78. The van der Waals surface area contributed by atoms with Crippen LogP contribution in [0.5, 0.6) is 11.5 Å². The van der Waals surface area contributed by atoms with Gasteiger partial charge in [-0.05, 0) is 121 Å². The lowest BCUT2D eigenvalue weighted by molar-refractivity contribution is -0.107. The number of fused-ring (bicyclic) bond motifs is 1. The summed E-state index contributed by atoms with van der Waals surface area (Å²) in [7, 11) is -1.92. The maximum atomic E-state index is 10.5. The Morgan fingerprint density at radius 1 is 0.972 bits per heavy atom. The molecule has 1 aromatic rings. The summed E-state index contributed by atoms with van der Waals surface area (Å²) in [6.07, 6.45) is 13.4. The van der Waals surface area contributed by atoms with Crippen LogP contribution in [0, 0.1) is 20.8 Å². The van der Waals surface area contributed by atoms with Crippen LogP contribution in [0.1, 0.15) is 109 Å². The van der Waals surface area contributed by atoms with E-state index < -0.39 is 8.32 Å². The first kappa shape index (κ1) is 30.4. The summed E-state index contributed by atoms with van der Waals surface area (Å²) < 4.78 is 13.6. The van der Waals surface area contributed by atoms with Gasteiger partial charge in [0, 0.05) is 12.0 Å². The van der Waals surface area contributed by atoms with Crippen molar-refractivity contribution < 1.29 is 14.0 Å². The Morgan fingerprint density at radius 3 is 2.14 bits per heavy atom. The average molecular weight is 513 g/mol. The van der Waals surface area contributed by atoms with Gasteiger partial charge in [-0.15, -0.1) is 0 Å². The Kier molecular flexibility index (Phi) is 10.3. The number of allylic oxidation sites excluding steroid dienone is 4. The zero-order chi connectivity index (χ0) is 27.3. The molecular weight excluding hydrogens is 460 g/mol. The summed E-state index contributed by atoms with van der Waals surface area (Å²) in [5.41, 5.74) is 7.69. The zero-order valence-corrected chi connectivity index (χ0v) is 26.1. The topological polar surface area (TPSA) is 35.5 Å². The van der Waals surface area contributed by atoms with E-state index in [4.69, 9.17) is 9.16 Å². The van der Waals surface area contributed by atoms with Crippen molar-refractivity contribution in [3.63, 3.8) is 0 Å². The molecule has 2 rings (SSSR count). The summed E-state index contributed by atoms with van der Waals surface area (Å²) in [5.74, 6) is 2.19. The molecule has 1 aliphatic rings.